The molecule has 0 bridgehead atoms. The van der Waals surface area contributed by atoms with E-state index in [-0.39, 0.29) is 6.61 Å². The van der Waals surface area contributed by atoms with Gasteiger partial charge in [-0.15, -0.1) is 0 Å². The fourth-order valence-corrected chi connectivity index (χ4v) is 1.39. The zero-order valence-electron chi connectivity index (χ0n) is 10.3. The summed E-state index contributed by atoms with van der Waals surface area (Å²) in [6, 6.07) is 3.73. The molecule has 0 aliphatic heterocycles. The Labute approximate surface area is 102 Å². The molecule has 0 saturated heterocycles. The summed E-state index contributed by atoms with van der Waals surface area (Å²) >= 11 is 0. The van der Waals surface area contributed by atoms with Crippen molar-refractivity contribution in [1.29, 1.82) is 0 Å². The summed E-state index contributed by atoms with van der Waals surface area (Å²) in [6.07, 6.45) is 1.22. The number of pyridine rings is 1. The second-order valence-electron chi connectivity index (χ2n) is 3.72. The Hall–Kier alpha value is -1.39. The molecule has 0 fully saturated rings. The molecule has 1 heterocycles. The minimum Gasteiger partial charge on any atom is -0.494 e. The maximum absolute atomic E-state index is 9.11. The average molecular weight is 237 g/mol. The van der Waals surface area contributed by atoms with Gasteiger partial charge in [0, 0.05) is 11.8 Å². The molecular formula is C13H19NO3. The van der Waals surface area contributed by atoms with Crippen molar-refractivity contribution in [3.05, 3.63) is 36.2 Å². The van der Waals surface area contributed by atoms with Crippen LogP contribution in [-0.2, 0) is 16.1 Å². The van der Waals surface area contributed by atoms with Crippen LogP contribution in [0.15, 0.2) is 24.9 Å². The van der Waals surface area contributed by atoms with Crippen LogP contribution in [0.1, 0.15) is 25.1 Å². The predicted octanol–water partition coefficient (Wildman–Crippen LogP) is 1.99. The van der Waals surface area contributed by atoms with E-state index in [2.05, 4.69) is 11.6 Å². The average Bonchev–Trinajstić information content (AvgIpc) is 2.29. The van der Waals surface area contributed by atoms with Crippen LogP contribution in [0.2, 0.25) is 0 Å². The van der Waals surface area contributed by atoms with Crippen LogP contribution >= 0.6 is 0 Å². The third kappa shape index (κ3) is 4.54. The summed E-state index contributed by atoms with van der Waals surface area (Å²) in [5.41, 5.74) is 1.62. The van der Waals surface area contributed by atoms with Crippen LogP contribution in [0.4, 0.5) is 0 Å². The molecule has 0 spiro atoms. The summed E-state index contributed by atoms with van der Waals surface area (Å²) < 4.78 is 10.7. The predicted molar refractivity (Wildman–Crippen MR) is 66.2 cm³/mol. The lowest BCUT2D eigenvalue weighted by Crippen LogP contribution is -2.11. The van der Waals surface area contributed by atoms with Crippen LogP contribution in [0.25, 0.3) is 5.76 Å². The minimum atomic E-state index is -0.475. The Bertz CT molecular complexity index is 363. The number of ether oxygens (including phenoxy) is 2. The van der Waals surface area contributed by atoms with E-state index in [1.54, 1.807) is 13.1 Å². The third-order valence-corrected chi connectivity index (χ3v) is 2.11. The summed E-state index contributed by atoms with van der Waals surface area (Å²) in [5.74, 6) is 0.594. The van der Waals surface area contributed by atoms with Gasteiger partial charge in [0.25, 0.3) is 0 Å². The van der Waals surface area contributed by atoms with E-state index in [9.17, 15) is 0 Å². The zero-order valence-corrected chi connectivity index (χ0v) is 10.3. The highest BCUT2D eigenvalue weighted by Gasteiger charge is 2.08. The smallest absolute Gasteiger partial charge is 0.121 e. The van der Waals surface area contributed by atoms with Crippen molar-refractivity contribution in [2.45, 2.75) is 26.6 Å². The van der Waals surface area contributed by atoms with E-state index in [0.717, 1.165) is 11.3 Å². The number of nitrogens with zero attached hydrogens (tertiary/aromatic N) is 1. The molecule has 1 atom stereocenters. The maximum Gasteiger partial charge on any atom is 0.121 e. The van der Waals surface area contributed by atoms with Crippen molar-refractivity contribution in [3.63, 3.8) is 0 Å². The van der Waals surface area contributed by atoms with Gasteiger partial charge in [-0.3, -0.25) is 4.98 Å². The van der Waals surface area contributed by atoms with Gasteiger partial charge in [-0.1, -0.05) is 6.58 Å². The highest BCUT2D eigenvalue weighted by molar-refractivity contribution is 5.59. The lowest BCUT2D eigenvalue weighted by Gasteiger charge is -2.12. The van der Waals surface area contributed by atoms with E-state index < -0.39 is 6.10 Å². The number of aliphatic hydroxyl groups is 1. The van der Waals surface area contributed by atoms with E-state index in [1.807, 2.05) is 19.1 Å². The van der Waals surface area contributed by atoms with Crippen LogP contribution in [-0.4, -0.2) is 29.4 Å². The van der Waals surface area contributed by atoms with Crippen molar-refractivity contribution in [2.75, 3.05) is 13.2 Å². The van der Waals surface area contributed by atoms with Crippen molar-refractivity contribution < 1.29 is 14.6 Å². The van der Waals surface area contributed by atoms with Crippen LogP contribution in [0.5, 0.6) is 0 Å². The lowest BCUT2D eigenvalue weighted by molar-refractivity contribution is 0.0361. The molecule has 0 aliphatic rings. The molecule has 1 N–H and O–H groups in total. The molecule has 17 heavy (non-hydrogen) atoms. The summed E-state index contributed by atoms with van der Waals surface area (Å²) in [7, 11) is 0. The van der Waals surface area contributed by atoms with E-state index in [4.69, 9.17) is 14.6 Å². The monoisotopic (exact) mass is 237 g/mol. The number of aliphatic hydroxyl groups excluding tert-OH is 1. The lowest BCUT2D eigenvalue weighted by atomic mass is 10.2. The van der Waals surface area contributed by atoms with E-state index in [1.165, 1.54) is 0 Å². The molecule has 0 radical (unpaired) electrons. The fraction of sp³-hybridized carbons (Fsp3) is 0.462. The Morgan fingerprint density at radius 2 is 2.35 bits per heavy atom. The van der Waals surface area contributed by atoms with Gasteiger partial charge < -0.3 is 14.6 Å². The van der Waals surface area contributed by atoms with E-state index in [0.29, 0.717) is 19.0 Å². The number of hydrogen-bond acceptors (Lipinski definition) is 4. The quantitative estimate of drug-likeness (QED) is 0.737. The van der Waals surface area contributed by atoms with Gasteiger partial charge in [-0.25, -0.2) is 0 Å². The van der Waals surface area contributed by atoms with Gasteiger partial charge in [0.1, 0.15) is 5.76 Å². The molecule has 0 saturated carbocycles. The van der Waals surface area contributed by atoms with Gasteiger partial charge in [-0.2, -0.15) is 0 Å². The maximum atomic E-state index is 9.11. The Morgan fingerprint density at radius 1 is 1.59 bits per heavy atom. The number of aromatic nitrogens is 1. The van der Waals surface area contributed by atoms with E-state index >= 15 is 0 Å². The molecule has 0 amide bonds. The normalized spacial score (nSPS) is 12.2. The topological polar surface area (TPSA) is 51.6 Å². The standard InChI is InChI=1S/C13H19NO3/c1-4-17-11(3)12-6-5-7-14-13(12)9-16-8-10(2)15/h5-7,10,15H,3-4,8-9H2,1-2H3/t10-/m0/s1. The first-order valence-corrected chi connectivity index (χ1v) is 5.67. The molecule has 0 aliphatic carbocycles. The van der Waals surface area contributed by atoms with Gasteiger partial charge in [0.2, 0.25) is 0 Å². The van der Waals surface area contributed by atoms with Crippen molar-refractivity contribution in [2.24, 2.45) is 0 Å². The zero-order chi connectivity index (χ0) is 12.7. The largest absolute Gasteiger partial charge is 0.494 e. The Balaban J connectivity index is 2.67. The van der Waals surface area contributed by atoms with Crippen molar-refractivity contribution in [1.82, 2.24) is 4.98 Å². The Kier molecular flexibility index (Phi) is 5.66. The molecule has 4 nitrogen and oxygen atoms in total. The van der Waals surface area contributed by atoms with Crippen LogP contribution in [0, 0.1) is 0 Å². The third-order valence-electron chi connectivity index (χ3n) is 2.11. The summed E-state index contributed by atoms with van der Waals surface area (Å²) in [4.78, 5) is 4.23. The number of rotatable bonds is 7. The van der Waals surface area contributed by atoms with Crippen molar-refractivity contribution in [3.8, 4) is 0 Å². The molecule has 1 rings (SSSR count). The Morgan fingerprint density at radius 3 is 3.00 bits per heavy atom. The summed E-state index contributed by atoms with van der Waals surface area (Å²) in [6.45, 7) is 8.64. The second-order valence-corrected chi connectivity index (χ2v) is 3.72. The van der Waals surface area contributed by atoms with Crippen molar-refractivity contribution >= 4 is 5.76 Å². The van der Waals surface area contributed by atoms with Gasteiger partial charge in [0.15, 0.2) is 0 Å². The highest BCUT2D eigenvalue weighted by atomic mass is 16.5. The second kappa shape index (κ2) is 7.04. The molecule has 1 aromatic heterocycles. The molecule has 0 unspecified atom stereocenters. The molecule has 94 valence electrons. The molecule has 0 aromatic carbocycles. The highest BCUT2D eigenvalue weighted by Crippen LogP contribution is 2.17. The van der Waals surface area contributed by atoms with Gasteiger partial charge in [0.05, 0.1) is 31.6 Å². The molecular weight excluding hydrogens is 218 g/mol. The van der Waals surface area contributed by atoms with Crippen LogP contribution < -0.4 is 0 Å². The van der Waals surface area contributed by atoms with Gasteiger partial charge >= 0.3 is 0 Å². The first-order chi connectivity index (χ1) is 8.15. The molecule has 1 aromatic rings. The SMILES string of the molecule is C=C(OCC)c1cccnc1COC[C@H](C)O. The van der Waals surface area contributed by atoms with Gasteiger partial charge in [-0.05, 0) is 26.0 Å². The first kappa shape index (κ1) is 13.7. The molecule has 4 heteroatoms. The summed E-state index contributed by atoms with van der Waals surface area (Å²) in [5, 5.41) is 9.11. The first-order valence-electron chi connectivity index (χ1n) is 5.67. The fourth-order valence-electron chi connectivity index (χ4n) is 1.39. The number of hydrogen-bond donors (Lipinski definition) is 1. The minimum absolute atomic E-state index is 0.289. The van der Waals surface area contributed by atoms with Crippen LogP contribution in [0.3, 0.4) is 0 Å².